The van der Waals surface area contributed by atoms with Gasteiger partial charge in [0.25, 0.3) is 0 Å². The van der Waals surface area contributed by atoms with Crippen LogP contribution in [0.1, 0.15) is 52.9 Å². The van der Waals surface area contributed by atoms with Crippen molar-refractivity contribution in [3.05, 3.63) is 83.1 Å². The van der Waals surface area contributed by atoms with Crippen molar-refractivity contribution < 1.29 is 27.5 Å². The third-order valence-electron chi connectivity index (χ3n) is 6.56. The summed E-state index contributed by atoms with van der Waals surface area (Å²) >= 11 is 0. The highest BCUT2D eigenvalue weighted by atomic mass is 19.4. The summed E-state index contributed by atoms with van der Waals surface area (Å²) in [6.07, 6.45) is -0.758. The SMILES string of the molecule is C[C@H]1C[C@@H](c2ccncc2CC(=O)c2ccc(F)c(-c3cccc(C(F)(F)F)c3)n2)C[C@@H](N)[C@@H]1O. The predicted molar refractivity (Wildman–Crippen MR) is 122 cm³/mol. The molecule has 0 spiro atoms. The van der Waals surface area contributed by atoms with Crippen molar-refractivity contribution in [1.82, 2.24) is 9.97 Å². The van der Waals surface area contributed by atoms with E-state index in [0.29, 0.717) is 18.4 Å². The minimum atomic E-state index is -4.59. The van der Waals surface area contributed by atoms with E-state index in [2.05, 4.69) is 9.97 Å². The van der Waals surface area contributed by atoms with Gasteiger partial charge in [0.05, 0.1) is 11.7 Å². The first-order chi connectivity index (χ1) is 16.5. The molecule has 0 radical (unpaired) electrons. The Hall–Kier alpha value is -3.17. The van der Waals surface area contributed by atoms with Crippen molar-refractivity contribution in [2.24, 2.45) is 11.7 Å². The molecule has 4 rings (SSSR count). The number of alkyl halides is 3. The molecule has 0 amide bonds. The first kappa shape index (κ1) is 24.9. The zero-order valence-corrected chi connectivity index (χ0v) is 19.0. The number of nitrogens with two attached hydrogens (primary N) is 1. The minimum Gasteiger partial charge on any atom is -0.391 e. The number of aliphatic hydroxyl groups is 1. The molecule has 1 aliphatic carbocycles. The molecule has 9 heteroatoms. The van der Waals surface area contributed by atoms with Crippen molar-refractivity contribution in [1.29, 1.82) is 0 Å². The maximum absolute atomic E-state index is 14.5. The number of halogens is 4. The van der Waals surface area contributed by atoms with Crippen molar-refractivity contribution in [2.75, 3.05) is 0 Å². The van der Waals surface area contributed by atoms with Crippen LogP contribution in [0.15, 0.2) is 54.9 Å². The van der Waals surface area contributed by atoms with Crippen LogP contribution in [0.2, 0.25) is 0 Å². The number of carbonyl (C=O) groups is 1. The monoisotopic (exact) mass is 487 g/mol. The summed E-state index contributed by atoms with van der Waals surface area (Å²) in [6, 6.07) is 7.88. The Balaban J connectivity index is 1.61. The molecule has 5 nitrogen and oxygen atoms in total. The maximum atomic E-state index is 14.5. The lowest BCUT2D eigenvalue weighted by molar-refractivity contribution is -0.137. The van der Waals surface area contributed by atoms with Gasteiger partial charge in [-0.15, -0.1) is 0 Å². The lowest BCUT2D eigenvalue weighted by Crippen LogP contribution is -2.44. The Kier molecular flexibility index (Phi) is 7.00. The van der Waals surface area contributed by atoms with Gasteiger partial charge in [-0.05, 0) is 66.1 Å². The zero-order valence-electron chi connectivity index (χ0n) is 19.0. The summed E-state index contributed by atoms with van der Waals surface area (Å²) in [5, 5.41) is 10.2. The predicted octanol–water partition coefficient (Wildman–Crippen LogP) is 4.93. The van der Waals surface area contributed by atoms with E-state index in [1.54, 1.807) is 12.4 Å². The number of ketones is 1. The van der Waals surface area contributed by atoms with Crippen LogP contribution >= 0.6 is 0 Å². The summed E-state index contributed by atoms with van der Waals surface area (Å²) in [4.78, 5) is 21.3. The van der Waals surface area contributed by atoms with E-state index in [1.807, 2.05) is 13.0 Å². The number of aliphatic hydroxyl groups excluding tert-OH is 1. The Morgan fingerprint density at radius 2 is 1.94 bits per heavy atom. The Morgan fingerprint density at radius 3 is 2.66 bits per heavy atom. The Bertz CT molecular complexity index is 1220. The number of benzene rings is 1. The van der Waals surface area contributed by atoms with Crippen LogP contribution in [0.3, 0.4) is 0 Å². The number of pyridine rings is 2. The molecule has 3 N–H and O–H groups in total. The molecule has 184 valence electrons. The molecule has 0 aliphatic heterocycles. The van der Waals surface area contributed by atoms with Crippen LogP contribution in [0.25, 0.3) is 11.3 Å². The maximum Gasteiger partial charge on any atom is 0.416 e. The average molecular weight is 487 g/mol. The molecule has 0 saturated heterocycles. The zero-order chi connectivity index (χ0) is 25.3. The third-order valence-corrected chi connectivity index (χ3v) is 6.56. The topological polar surface area (TPSA) is 89.1 Å². The number of hydrogen-bond acceptors (Lipinski definition) is 5. The molecular weight excluding hydrogens is 462 g/mol. The number of Topliss-reactive ketones (excluding diaryl/α,β-unsaturated/α-hetero) is 1. The van der Waals surface area contributed by atoms with E-state index < -0.39 is 29.4 Å². The molecule has 4 atom stereocenters. The van der Waals surface area contributed by atoms with E-state index in [0.717, 1.165) is 23.8 Å². The Labute approximate surface area is 200 Å². The number of aromatic nitrogens is 2. The molecule has 0 bridgehead atoms. The summed E-state index contributed by atoms with van der Waals surface area (Å²) < 4.78 is 53.8. The van der Waals surface area contributed by atoms with Crippen molar-refractivity contribution in [3.63, 3.8) is 0 Å². The first-order valence-electron chi connectivity index (χ1n) is 11.3. The second-order valence-electron chi connectivity index (χ2n) is 9.08. The standard InChI is InChI=1S/C26H25F4N3O2/c1-14-9-16(11-21(31)25(14)35)19-7-8-32-13-17(19)12-23(34)22-6-5-20(27)24(33-22)15-3-2-4-18(10-15)26(28,29)30/h2-8,10,13-14,16,21,25,35H,9,11-12,31H2,1H3/t14-,16+,21+,25+/m0/s1. The number of nitrogens with zero attached hydrogens (tertiary/aromatic N) is 2. The molecule has 2 heterocycles. The van der Waals surface area contributed by atoms with Crippen LogP contribution in [-0.4, -0.2) is 33.0 Å². The van der Waals surface area contributed by atoms with Gasteiger partial charge in [-0.2, -0.15) is 13.2 Å². The second-order valence-corrected chi connectivity index (χ2v) is 9.08. The van der Waals surface area contributed by atoms with E-state index in [1.165, 1.54) is 18.2 Å². The fraction of sp³-hybridized carbons (Fsp3) is 0.346. The van der Waals surface area contributed by atoms with Gasteiger partial charge in [-0.3, -0.25) is 9.78 Å². The first-order valence-corrected chi connectivity index (χ1v) is 11.3. The summed E-state index contributed by atoms with van der Waals surface area (Å²) in [6.45, 7) is 1.93. The fourth-order valence-corrected chi connectivity index (χ4v) is 4.72. The molecule has 0 unspecified atom stereocenters. The number of carbonyl (C=O) groups excluding carboxylic acids is 1. The molecular formula is C26H25F4N3O2. The largest absolute Gasteiger partial charge is 0.416 e. The lowest BCUT2D eigenvalue weighted by atomic mass is 9.74. The van der Waals surface area contributed by atoms with Gasteiger partial charge >= 0.3 is 6.18 Å². The molecule has 1 aliphatic rings. The summed E-state index contributed by atoms with van der Waals surface area (Å²) in [5.41, 5.74) is 6.30. The number of hydrogen-bond donors (Lipinski definition) is 2. The molecule has 3 aromatic rings. The van der Waals surface area contributed by atoms with E-state index in [4.69, 9.17) is 5.73 Å². The number of rotatable bonds is 5. The molecule has 1 aromatic carbocycles. The van der Waals surface area contributed by atoms with Gasteiger partial charge < -0.3 is 10.8 Å². The van der Waals surface area contributed by atoms with Crippen molar-refractivity contribution in [3.8, 4) is 11.3 Å². The highest BCUT2D eigenvalue weighted by molar-refractivity contribution is 5.96. The van der Waals surface area contributed by atoms with Gasteiger partial charge in [0.15, 0.2) is 5.78 Å². The quantitative estimate of drug-likeness (QED) is 0.394. The molecule has 35 heavy (non-hydrogen) atoms. The average Bonchev–Trinajstić information content (AvgIpc) is 2.82. The molecule has 1 saturated carbocycles. The van der Waals surface area contributed by atoms with Gasteiger partial charge in [0.1, 0.15) is 17.2 Å². The fourth-order valence-electron chi connectivity index (χ4n) is 4.72. The lowest BCUT2D eigenvalue weighted by Gasteiger charge is -2.36. The smallest absolute Gasteiger partial charge is 0.391 e. The normalized spacial score (nSPS) is 22.7. The highest BCUT2D eigenvalue weighted by Gasteiger charge is 2.34. The molecule has 1 fully saturated rings. The van der Waals surface area contributed by atoms with Crippen LogP contribution in [0.4, 0.5) is 17.6 Å². The summed E-state index contributed by atoms with van der Waals surface area (Å²) in [5.74, 6) is -1.21. The minimum absolute atomic E-state index is 0.00532. The van der Waals surface area contributed by atoms with Crippen molar-refractivity contribution in [2.45, 2.75) is 50.4 Å². The molecule has 2 aromatic heterocycles. The highest BCUT2D eigenvalue weighted by Crippen LogP contribution is 2.37. The van der Waals surface area contributed by atoms with E-state index in [-0.39, 0.29) is 41.2 Å². The van der Waals surface area contributed by atoms with E-state index >= 15 is 0 Å². The van der Waals surface area contributed by atoms with Gasteiger partial charge in [0.2, 0.25) is 0 Å². The van der Waals surface area contributed by atoms with Crippen LogP contribution < -0.4 is 5.73 Å². The Morgan fingerprint density at radius 1 is 1.17 bits per heavy atom. The van der Waals surface area contributed by atoms with Gasteiger partial charge in [-0.1, -0.05) is 19.1 Å². The third kappa shape index (κ3) is 5.41. The van der Waals surface area contributed by atoms with E-state index in [9.17, 15) is 27.5 Å². The van der Waals surface area contributed by atoms with Crippen LogP contribution in [0.5, 0.6) is 0 Å². The summed E-state index contributed by atoms with van der Waals surface area (Å²) in [7, 11) is 0. The van der Waals surface area contributed by atoms with Crippen LogP contribution in [-0.2, 0) is 12.6 Å². The van der Waals surface area contributed by atoms with Gasteiger partial charge in [0, 0.05) is 30.4 Å². The van der Waals surface area contributed by atoms with Crippen LogP contribution in [0, 0.1) is 11.7 Å². The van der Waals surface area contributed by atoms with Gasteiger partial charge in [-0.25, -0.2) is 9.37 Å². The second kappa shape index (κ2) is 9.83. The van der Waals surface area contributed by atoms with Crippen molar-refractivity contribution >= 4 is 5.78 Å².